The number of benzene rings is 1. The summed E-state index contributed by atoms with van der Waals surface area (Å²) in [6.45, 7) is 17.5. The summed E-state index contributed by atoms with van der Waals surface area (Å²) in [7, 11) is 0. The van der Waals surface area contributed by atoms with E-state index in [4.69, 9.17) is 9.72 Å². The maximum absolute atomic E-state index is 14.2. The van der Waals surface area contributed by atoms with Crippen LogP contribution in [0.2, 0.25) is 0 Å². The fourth-order valence-electron chi connectivity index (χ4n) is 5.19. The molecule has 188 valence electrons. The maximum Gasteiger partial charge on any atom is 0.329 e. The van der Waals surface area contributed by atoms with Crippen LogP contribution in [0.4, 0.5) is 0 Å². The van der Waals surface area contributed by atoms with Crippen molar-refractivity contribution in [1.29, 1.82) is 0 Å². The van der Waals surface area contributed by atoms with Gasteiger partial charge in [-0.25, -0.2) is 4.79 Å². The number of hydrogen-bond acceptors (Lipinski definition) is 4. The molecule has 4 atom stereocenters. The molecule has 1 saturated heterocycles. The lowest BCUT2D eigenvalue weighted by Crippen LogP contribution is -2.58. The van der Waals surface area contributed by atoms with Crippen molar-refractivity contribution in [2.24, 2.45) is 5.41 Å². The summed E-state index contributed by atoms with van der Waals surface area (Å²) in [6, 6.07) is 11.3. The summed E-state index contributed by atoms with van der Waals surface area (Å²) in [4.78, 5) is 34.3. The van der Waals surface area contributed by atoms with Gasteiger partial charge in [0.05, 0.1) is 17.2 Å². The SMILES string of the molecule is C=CC[C@@]1(C)C[C@H](c2cccc(C)c2)[C@@H](c2ccc(C)cn2)N([C@@H](CC)C(=O)OC(C)(C)C)C1=O. The summed E-state index contributed by atoms with van der Waals surface area (Å²) in [5.41, 5.74) is 2.80. The molecular weight excluding hydrogens is 436 g/mol. The lowest BCUT2D eigenvalue weighted by Gasteiger charge is -2.51. The highest BCUT2D eigenvalue weighted by molar-refractivity contribution is 5.89. The Morgan fingerprint density at radius 3 is 2.51 bits per heavy atom. The van der Waals surface area contributed by atoms with Gasteiger partial charge in [-0.1, -0.05) is 55.8 Å². The largest absolute Gasteiger partial charge is 0.458 e. The van der Waals surface area contributed by atoms with Crippen molar-refractivity contribution in [2.75, 3.05) is 0 Å². The van der Waals surface area contributed by atoms with Crippen LogP contribution in [0.15, 0.2) is 55.3 Å². The number of esters is 1. The van der Waals surface area contributed by atoms with E-state index in [-0.39, 0.29) is 23.8 Å². The zero-order valence-electron chi connectivity index (χ0n) is 22.3. The van der Waals surface area contributed by atoms with Crippen LogP contribution in [0.25, 0.3) is 0 Å². The highest BCUT2D eigenvalue weighted by Crippen LogP contribution is 2.51. The van der Waals surface area contributed by atoms with Crippen LogP contribution in [0.5, 0.6) is 0 Å². The Bertz CT molecular complexity index is 1070. The average molecular weight is 477 g/mol. The second kappa shape index (κ2) is 10.3. The van der Waals surface area contributed by atoms with E-state index in [1.54, 1.807) is 4.90 Å². The number of carbonyl (C=O) groups is 2. The van der Waals surface area contributed by atoms with Gasteiger partial charge < -0.3 is 9.64 Å². The van der Waals surface area contributed by atoms with Gasteiger partial charge >= 0.3 is 5.97 Å². The minimum atomic E-state index is -0.716. The van der Waals surface area contributed by atoms with E-state index in [1.807, 2.05) is 65.9 Å². The number of piperidine rings is 1. The molecule has 1 aliphatic heterocycles. The second-order valence-corrected chi connectivity index (χ2v) is 11.2. The van der Waals surface area contributed by atoms with Crippen molar-refractivity contribution in [1.82, 2.24) is 9.88 Å². The monoisotopic (exact) mass is 476 g/mol. The third-order valence-electron chi connectivity index (χ3n) is 6.81. The lowest BCUT2D eigenvalue weighted by atomic mass is 9.67. The fraction of sp³-hybridized carbons (Fsp3) is 0.500. The smallest absolute Gasteiger partial charge is 0.329 e. The highest BCUT2D eigenvalue weighted by Gasteiger charge is 2.53. The fourth-order valence-corrected chi connectivity index (χ4v) is 5.19. The van der Waals surface area contributed by atoms with Gasteiger partial charge in [-0.05, 0) is 71.1 Å². The van der Waals surface area contributed by atoms with Gasteiger partial charge in [-0.15, -0.1) is 6.58 Å². The molecule has 1 aliphatic rings. The molecule has 0 N–H and O–H groups in total. The van der Waals surface area contributed by atoms with Crippen LogP contribution in [0.1, 0.15) is 88.2 Å². The van der Waals surface area contributed by atoms with Gasteiger partial charge in [0.25, 0.3) is 0 Å². The number of ether oxygens (including phenoxy) is 1. The number of likely N-dealkylation sites (tertiary alicyclic amines) is 1. The first kappa shape index (κ1) is 26.7. The summed E-state index contributed by atoms with van der Waals surface area (Å²) < 4.78 is 5.81. The quantitative estimate of drug-likeness (QED) is 0.340. The summed E-state index contributed by atoms with van der Waals surface area (Å²) in [6.07, 6.45) is 5.26. The van der Waals surface area contributed by atoms with E-state index in [0.717, 1.165) is 22.4 Å². The first-order chi connectivity index (χ1) is 16.4. The van der Waals surface area contributed by atoms with E-state index in [1.165, 1.54) is 0 Å². The minimum Gasteiger partial charge on any atom is -0.458 e. The number of hydrogen-bond donors (Lipinski definition) is 0. The van der Waals surface area contributed by atoms with Gasteiger partial charge in [0.15, 0.2) is 0 Å². The first-order valence-corrected chi connectivity index (χ1v) is 12.6. The number of nitrogens with zero attached hydrogens (tertiary/aromatic N) is 2. The van der Waals surface area contributed by atoms with Gasteiger partial charge in [0.2, 0.25) is 5.91 Å². The molecule has 1 aromatic carbocycles. The zero-order chi connectivity index (χ0) is 26.0. The molecule has 1 aromatic heterocycles. The summed E-state index contributed by atoms with van der Waals surface area (Å²) in [5, 5.41) is 0. The third-order valence-corrected chi connectivity index (χ3v) is 6.81. The van der Waals surface area contributed by atoms with E-state index in [2.05, 4.69) is 37.8 Å². The zero-order valence-corrected chi connectivity index (χ0v) is 22.3. The normalized spacial score (nSPS) is 23.6. The summed E-state index contributed by atoms with van der Waals surface area (Å²) in [5.74, 6) is -0.466. The van der Waals surface area contributed by atoms with Crippen molar-refractivity contribution < 1.29 is 14.3 Å². The van der Waals surface area contributed by atoms with Crippen LogP contribution in [0.3, 0.4) is 0 Å². The lowest BCUT2D eigenvalue weighted by molar-refractivity contribution is -0.173. The van der Waals surface area contributed by atoms with Gasteiger partial charge in [0, 0.05) is 12.1 Å². The van der Waals surface area contributed by atoms with E-state index < -0.39 is 17.1 Å². The van der Waals surface area contributed by atoms with Crippen LogP contribution in [0, 0.1) is 19.3 Å². The second-order valence-electron chi connectivity index (χ2n) is 11.2. The molecule has 35 heavy (non-hydrogen) atoms. The molecule has 5 nitrogen and oxygen atoms in total. The molecule has 0 bridgehead atoms. The predicted molar refractivity (Wildman–Crippen MR) is 140 cm³/mol. The third kappa shape index (κ3) is 5.83. The highest BCUT2D eigenvalue weighted by atomic mass is 16.6. The van der Waals surface area contributed by atoms with Crippen LogP contribution < -0.4 is 0 Å². The molecule has 0 aliphatic carbocycles. The molecule has 3 rings (SSSR count). The molecule has 0 spiro atoms. The van der Waals surface area contributed by atoms with Crippen LogP contribution in [-0.4, -0.2) is 33.4 Å². The van der Waals surface area contributed by atoms with Gasteiger partial charge in [-0.3, -0.25) is 9.78 Å². The first-order valence-electron chi connectivity index (χ1n) is 12.6. The van der Waals surface area contributed by atoms with Crippen molar-refractivity contribution in [2.45, 2.75) is 91.3 Å². The number of carbonyl (C=O) groups excluding carboxylic acids is 2. The molecular formula is C30H40N2O3. The standard InChI is InChI=1S/C30H40N2O3/c1-9-16-30(8)18-23(22-13-11-12-20(3)17-22)26(24-15-14-21(4)19-31-24)32(28(30)34)25(10-2)27(33)35-29(5,6)7/h9,11-15,17,19,23,25-26H,1,10,16,18H2,2-8H3/t23-,25+,26+,30+/m1/s1. The Morgan fingerprint density at radius 1 is 1.26 bits per heavy atom. The number of aromatic nitrogens is 1. The van der Waals surface area contributed by atoms with Crippen molar-refractivity contribution >= 4 is 11.9 Å². The molecule has 2 heterocycles. The van der Waals surface area contributed by atoms with Crippen LogP contribution >= 0.6 is 0 Å². The Hall–Kier alpha value is -2.95. The average Bonchev–Trinajstić information content (AvgIpc) is 2.77. The molecule has 0 saturated carbocycles. The Labute approximate surface area is 210 Å². The topological polar surface area (TPSA) is 59.5 Å². The minimum absolute atomic E-state index is 0.0377. The Morgan fingerprint density at radius 2 is 1.97 bits per heavy atom. The van der Waals surface area contributed by atoms with E-state index >= 15 is 0 Å². The number of allylic oxidation sites excluding steroid dienone is 1. The maximum atomic E-state index is 14.2. The van der Waals surface area contributed by atoms with Gasteiger partial charge in [-0.2, -0.15) is 0 Å². The van der Waals surface area contributed by atoms with E-state index in [9.17, 15) is 9.59 Å². The number of amides is 1. The Balaban J connectivity index is 2.24. The molecule has 5 heteroatoms. The molecule has 1 amide bonds. The number of pyridine rings is 1. The number of aryl methyl sites for hydroxylation is 2. The number of rotatable bonds is 7. The van der Waals surface area contributed by atoms with Crippen molar-refractivity contribution in [3.63, 3.8) is 0 Å². The summed E-state index contributed by atoms with van der Waals surface area (Å²) >= 11 is 0. The van der Waals surface area contributed by atoms with Crippen molar-refractivity contribution in [3.05, 3.63) is 77.6 Å². The predicted octanol–water partition coefficient (Wildman–Crippen LogP) is 6.46. The van der Waals surface area contributed by atoms with Crippen molar-refractivity contribution in [3.8, 4) is 0 Å². The van der Waals surface area contributed by atoms with E-state index in [0.29, 0.717) is 19.3 Å². The molecule has 0 unspecified atom stereocenters. The molecule has 2 aromatic rings. The van der Waals surface area contributed by atoms with Crippen LogP contribution in [-0.2, 0) is 14.3 Å². The van der Waals surface area contributed by atoms with Gasteiger partial charge in [0.1, 0.15) is 11.6 Å². The molecule has 0 radical (unpaired) electrons. The molecule has 1 fully saturated rings. The Kier molecular flexibility index (Phi) is 7.88.